The molecule has 0 aliphatic rings. The molecule has 2 aromatic rings. The van der Waals surface area contributed by atoms with Crippen molar-refractivity contribution in [3.63, 3.8) is 0 Å². The second-order valence-corrected chi connectivity index (χ2v) is 5.03. The van der Waals surface area contributed by atoms with Gasteiger partial charge < -0.3 is 5.32 Å². The maximum atomic E-state index is 12.8. The zero-order chi connectivity index (χ0) is 14.7. The van der Waals surface area contributed by atoms with E-state index in [0.717, 1.165) is 17.5 Å². The molecule has 1 aromatic carbocycles. The molecule has 8 heteroatoms. The first-order valence-corrected chi connectivity index (χ1v) is 6.45. The number of carbonyl (C=O) groups excluding carboxylic acids is 1. The Morgan fingerprint density at radius 2 is 2.10 bits per heavy atom. The summed E-state index contributed by atoms with van der Waals surface area (Å²) in [5, 5.41) is 13.0. The molecule has 0 saturated carbocycles. The summed E-state index contributed by atoms with van der Waals surface area (Å²) >= 11 is 0.782. The second kappa shape index (κ2) is 5.74. The van der Waals surface area contributed by atoms with Crippen molar-refractivity contribution in [3.8, 4) is 0 Å². The topological polar surface area (TPSA) is 85.1 Å². The summed E-state index contributed by atoms with van der Waals surface area (Å²) in [4.78, 5) is 25.7. The van der Waals surface area contributed by atoms with Gasteiger partial charge in [-0.25, -0.2) is 9.37 Å². The van der Waals surface area contributed by atoms with Crippen LogP contribution in [0.4, 0.5) is 14.5 Å². The monoisotopic (exact) mass is 295 g/mol. The van der Waals surface area contributed by atoms with Gasteiger partial charge in [-0.3, -0.25) is 14.9 Å². The Kier molecular flexibility index (Phi) is 4.04. The number of rotatable bonds is 4. The second-order valence-electron chi connectivity index (χ2n) is 4.02. The van der Waals surface area contributed by atoms with Crippen LogP contribution in [0.25, 0.3) is 0 Å². The molecule has 6 nitrogen and oxygen atoms in total. The van der Waals surface area contributed by atoms with Crippen LogP contribution in [0.5, 0.6) is 0 Å². The number of aromatic nitrogens is 1. The van der Waals surface area contributed by atoms with Crippen molar-refractivity contribution in [2.24, 2.45) is 0 Å². The highest BCUT2D eigenvalue weighted by atomic mass is 32.1. The lowest BCUT2D eigenvalue weighted by atomic mass is 10.0. The molecular weight excluding hydrogens is 285 g/mol. The minimum absolute atomic E-state index is 0.144. The van der Waals surface area contributed by atoms with Crippen LogP contribution in [0.1, 0.15) is 18.4 Å². The number of amides is 1. The van der Waals surface area contributed by atoms with E-state index in [1.165, 1.54) is 24.3 Å². The van der Waals surface area contributed by atoms with Crippen LogP contribution in [-0.4, -0.2) is 15.8 Å². The fourth-order valence-electron chi connectivity index (χ4n) is 1.52. The molecule has 1 heterocycles. The molecule has 1 unspecified atom stereocenters. The van der Waals surface area contributed by atoms with Crippen molar-refractivity contribution in [3.05, 3.63) is 52.0 Å². The molecule has 0 spiro atoms. The minimum atomic E-state index is -0.573. The van der Waals surface area contributed by atoms with E-state index in [1.54, 1.807) is 6.92 Å². The Bertz CT molecular complexity index is 642. The molecule has 0 aliphatic carbocycles. The maximum Gasteiger partial charge on any atom is 0.345 e. The van der Waals surface area contributed by atoms with Gasteiger partial charge in [-0.15, -0.1) is 0 Å². The van der Waals surface area contributed by atoms with Crippen LogP contribution in [-0.2, 0) is 4.79 Å². The fourth-order valence-corrected chi connectivity index (χ4v) is 2.16. The average molecular weight is 295 g/mol. The summed E-state index contributed by atoms with van der Waals surface area (Å²) in [6.45, 7) is 1.66. The molecular formula is C12H10FN3O3S. The van der Waals surface area contributed by atoms with Gasteiger partial charge in [0.2, 0.25) is 5.91 Å². The molecule has 0 bridgehead atoms. The minimum Gasteiger partial charge on any atom is -0.301 e. The summed E-state index contributed by atoms with van der Waals surface area (Å²) in [6.07, 6.45) is 1.09. The van der Waals surface area contributed by atoms with Crippen molar-refractivity contribution in [2.45, 2.75) is 12.8 Å². The van der Waals surface area contributed by atoms with Crippen LogP contribution in [0.2, 0.25) is 0 Å². The van der Waals surface area contributed by atoms with Crippen LogP contribution in [0.15, 0.2) is 30.5 Å². The molecule has 0 saturated heterocycles. The number of carbonyl (C=O) groups is 1. The first-order valence-electron chi connectivity index (χ1n) is 5.64. The largest absolute Gasteiger partial charge is 0.345 e. The van der Waals surface area contributed by atoms with E-state index in [4.69, 9.17) is 0 Å². The predicted molar refractivity (Wildman–Crippen MR) is 72.2 cm³/mol. The number of nitro groups is 1. The van der Waals surface area contributed by atoms with Gasteiger partial charge in [-0.1, -0.05) is 12.1 Å². The first kappa shape index (κ1) is 14.1. The summed E-state index contributed by atoms with van der Waals surface area (Å²) in [7, 11) is 0. The Morgan fingerprint density at radius 1 is 1.45 bits per heavy atom. The zero-order valence-electron chi connectivity index (χ0n) is 10.4. The quantitative estimate of drug-likeness (QED) is 0.694. The normalized spacial score (nSPS) is 11.9. The third-order valence-electron chi connectivity index (χ3n) is 2.67. The summed E-state index contributed by atoms with van der Waals surface area (Å²) in [6, 6.07) is 5.58. The number of thiazole rings is 1. The molecule has 1 atom stereocenters. The molecule has 0 radical (unpaired) electrons. The van der Waals surface area contributed by atoms with E-state index < -0.39 is 10.8 Å². The van der Waals surface area contributed by atoms with Crippen molar-refractivity contribution in [1.29, 1.82) is 0 Å². The molecule has 1 aromatic heterocycles. The van der Waals surface area contributed by atoms with Crippen molar-refractivity contribution in [1.82, 2.24) is 4.98 Å². The molecule has 2 rings (SSSR count). The molecule has 0 aliphatic heterocycles. The number of benzene rings is 1. The summed E-state index contributed by atoms with van der Waals surface area (Å²) < 4.78 is 12.8. The highest BCUT2D eigenvalue weighted by Crippen LogP contribution is 2.26. The summed E-state index contributed by atoms with van der Waals surface area (Å²) in [5.74, 6) is -1.25. The van der Waals surface area contributed by atoms with E-state index in [-0.39, 0.29) is 21.9 Å². The Labute approximate surface area is 117 Å². The highest BCUT2D eigenvalue weighted by molar-refractivity contribution is 7.18. The van der Waals surface area contributed by atoms with Gasteiger partial charge in [0.1, 0.15) is 12.0 Å². The standard InChI is InChI=1S/C12H10FN3O3S/c1-7(8-2-4-9(13)5-3-8)11(17)15-12-14-6-10(20-12)16(18)19/h2-7H,1H3,(H,14,15,17). The number of anilines is 1. The van der Waals surface area contributed by atoms with E-state index >= 15 is 0 Å². The van der Waals surface area contributed by atoms with Crippen molar-refractivity contribution >= 4 is 27.4 Å². The third kappa shape index (κ3) is 3.15. The van der Waals surface area contributed by atoms with Crippen molar-refractivity contribution in [2.75, 3.05) is 5.32 Å². The number of nitrogens with one attached hydrogen (secondary N) is 1. The Balaban J connectivity index is 2.07. The lowest BCUT2D eigenvalue weighted by molar-refractivity contribution is -0.380. The van der Waals surface area contributed by atoms with Gasteiger partial charge in [0.25, 0.3) is 0 Å². The van der Waals surface area contributed by atoms with Crippen LogP contribution < -0.4 is 5.32 Å². The van der Waals surface area contributed by atoms with E-state index in [2.05, 4.69) is 10.3 Å². The van der Waals surface area contributed by atoms with Crippen LogP contribution in [0, 0.1) is 15.9 Å². The SMILES string of the molecule is CC(C(=O)Nc1ncc([N+](=O)[O-])s1)c1ccc(F)cc1. The number of hydrogen-bond acceptors (Lipinski definition) is 5. The molecule has 20 heavy (non-hydrogen) atoms. The number of nitrogens with zero attached hydrogens (tertiary/aromatic N) is 2. The lowest BCUT2D eigenvalue weighted by Gasteiger charge is -2.10. The lowest BCUT2D eigenvalue weighted by Crippen LogP contribution is -2.18. The van der Waals surface area contributed by atoms with E-state index in [9.17, 15) is 19.3 Å². The van der Waals surface area contributed by atoms with E-state index in [0.29, 0.717) is 5.56 Å². The van der Waals surface area contributed by atoms with Gasteiger partial charge >= 0.3 is 5.00 Å². The molecule has 104 valence electrons. The number of halogens is 1. The molecule has 1 N–H and O–H groups in total. The zero-order valence-corrected chi connectivity index (χ0v) is 11.2. The van der Waals surface area contributed by atoms with E-state index in [1.807, 2.05) is 0 Å². The van der Waals surface area contributed by atoms with Gasteiger partial charge in [0.15, 0.2) is 5.13 Å². The maximum absolute atomic E-state index is 12.8. The van der Waals surface area contributed by atoms with Gasteiger partial charge in [0, 0.05) is 0 Å². The van der Waals surface area contributed by atoms with Crippen LogP contribution in [0.3, 0.4) is 0 Å². The van der Waals surface area contributed by atoms with Crippen LogP contribution >= 0.6 is 11.3 Å². The Hall–Kier alpha value is -2.35. The van der Waals surface area contributed by atoms with Gasteiger partial charge in [-0.2, -0.15) is 0 Å². The smallest absolute Gasteiger partial charge is 0.301 e. The van der Waals surface area contributed by atoms with Gasteiger partial charge in [-0.05, 0) is 36.0 Å². The fraction of sp³-hybridized carbons (Fsp3) is 0.167. The molecule has 1 amide bonds. The average Bonchev–Trinajstić information content (AvgIpc) is 2.87. The predicted octanol–water partition coefficient (Wildman–Crippen LogP) is 2.93. The van der Waals surface area contributed by atoms with Crippen molar-refractivity contribution < 1.29 is 14.1 Å². The molecule has 0 fully saturated rings. The third-order valence-corrected chi connectivity index (χ3v) is 3.53. The Morgan fingerprint density at radius 3 is 2.65 bits per heavy atom. The summed E-state index contributed by atoms with van der Waals surface area (Å²) in [5.41, 5.74) is 0.648. The van der Waals surface area contributed by atoms with Gasteiger partial charge in [0.05, 0.1) is 10.8 Å². The first-order chi connectivity index (χ1) is 9.47. The number of hydrogen-bond donors (Lipinski definition) is 1. The highest BCUT2D eigenvalue weighted by Gasteiger charge is 2.18.